The van der Waals surface area contributed by atoms with Crippen LogP contribution in [0.1, 0.15) is 32.3 Å². The van der Waals surface area contributed by atoms with E-state index in [0.717, 1.165) is 13.0 Å². The molecule has 0 radical (unpaired) electrons. The first-order chi connectivity index (χ1) is 17.9. The van der Waals surface area contributed by atoms with Crippen LogP contribution in [0.4, 0.5) is 46.5 Å². The van der Waals surface area contributed by atoms with Gasteiger partial charge in [-0.15, -0.1) is 0 Å². The smallest absolute Gasteiger partial charge is 0.420 e. The van der Waals surface area contributed by atoms with Crippen LogP contribution in [0.5, 0.6) is 5.75 Å². The number of aliphatic carboxylic acids is 1. The molecule has 1 atom stereocenters. The van der Waals surface area contributed by atoms with Crippen molar-refractivity contribution in [1.29, 1.82) is 0 Å². The third-order valence-electron chi connectivity index (χ3n) is 5.65. The Morgan fingerprint density at radius 3 is 2.05 bits per heavy atom. The van der Waals surface area contributed by atoms with Crippen molar-refractivity contribution in [3.8, 4) is 5.75 Å². The minimum absolute atomic E-state index is 0.0625. The second-order valence-electron chi connectivity index (χ2n) is 8.87. The number of carbonyl (C=O) groups is 1. The van der Waals surface area contributed by atoms with Gasteiger partial charge in [-0.2, -0.15) is 13.2 Å². The van der Waals surface area contributed by atoms with Crippen LogP contribution >= 0.6 is 11.9 Å². The number of hydrogen-bond acceptors (Lipinski definition) is 5. The zero-order chi connectivity index (χ0) is 29.8. The number of nitrogens with zero attached hydrogens (tertiary/aromatic N) is 2. The predicted octanol–water partition coefficient (Wildman–Crippen LogP) is 7.72. The first-order valence-corrected chi connectivity index (χ1v) is 12.4. The summed E-state index contributed by atoms with van der Waals surface area (Å²) in [4.78, 5) is 12.1. The highest BCUT2D eigenvalue weighted by Gasteiger charge is 2.61. The van der Waals surface area contributed by atoms with Crippen LogP contribution in [-0.2, 0) is 11.0 Å². The summed E-state index contributed by atoms with van der Waals surface area (Å²) in [6, 6.07) is 8.22. The number of methoxy groups -OCH3 is 1. The minimum Gasteiger partial charge on any atom is -0.496 e. The number of alkyl halides is 7. The number of rotatable bonds is 4. The van der Waals surface area contributed by atoms with Gasteiger partial charge in [0.05, 0.1) is 23.3 Å². The Morgan fingerprint density at radius 1 is 1.13 bits per heavy atom. The van der Waals surface area contributed by atoms with E-state index >= 15 is 0 Å². The molecule has 0 bridgehead atoms. The number of fused-ring (bicyclic) bond motifs is 1. The molecule has 1 unspecified atom stereocenters. The monoisotopic (exact) mass is 588 g/mol. The molecular formula is C25H28F8N2O3S. The Kier molecular flexibility index (Phi) is 10.5. The van der Waals surface area contributed by atoms with Gasteiger partial charge in [0.1, 0.15) is 17.5 Å². The highest BCUT2D eigenvalue weighted by Crippen LogP contribution is 2.48. The highest BCUT2D eigenvalue weighted by atomic mass is 32.2. The van der Waals surface area contributed by atoms with Crippen molar-refractivity contribution in [2.45, 2.75) is 49.6 Å². The van der Waals surface area contributed by atoms with Crippen molar-refractivity contribution in [2.75, 3.05) is 32.1 Å². The van der Waals surface area contributed by atoms with Gasteiger partial charge in [0.2, 0.25) is 5.92 Å². The van der Waals surface area contributed by atoms with Gasteiger partial charge in [-0.25, -0.2) is 26.3 Å². The molecular weight excluding hydrogens is 560 g/mol. The quantitative estimate of drug-likeness (QED) is 0.292. The van der Waals surface area contributed by atoms with E-state index in [1.807, 2.05) is 11.4 Å². The summed E-state index contributed by atoms with van der Waals surface area (Å²) < 4.78 is 107. The molecule has 5 nitrogen and oxygen atoms in total. The van der Waals surface area contributed by atoms with Crippen molar-refractivity contribution >= 4 is 29.3 Å². The van der Waals surface area contributed by atoms with Gasteiger partial charge in [0.15, 0.2) is 0 Å². The second-order valence-corrected chi connectivity index (χ2v) is 10.1. The lowest BCUT2D eigenvalue weighted by molar-refractivity contribution is -0.141. The molecule has 2 aromatic carbocycles. The average molecular weight is 589 g/mol. The van der Waals surface area contributed by atoms with E-state index in [2.05, 4.69) is 0 Å². The molecule has 218 valence electrons. The van der Waals surface area contributed by atoms with E-state index in [9.17, 15) is 39.9 Å². The number of benzene rings is 2. The van der Waals surface area contributed by atoms with Gasteiger partial charge < -0.3 is 14.7 Å². The summed E-state index contributed by atoms with van der Waals surface area (Å²) in [5.41, 5.74) is 0.233. The van der Waals surface area contributed by atoms with Crippen LogP contribution in [-0.4, -0.2) is 54.5 Å². The first-order valence-electron chi connectivity index (χ1n) is 11.6. The van der Waals surface area contributed by atoms with Crippen molar-refractivity contribution in [2.24, 2.45) is 5.92 Å². The normalized spacial score (nSPS) is 18.5. The third-order valence-corrected chi connectivity index (χ3v) is 6.67. The molecule has 0 amide bonds. The topological polar surface area (TPSA) is 53.0 Å². The number of likely N-dealkylation sites (N-methyl/N-ethyl adjacent to an activating group) is 1. The van der Waals surface area contributed by atoms with Crippen molar-refractivity contribution in [1.82, 2.24) is 4.31 Å². The van der Waals surface area contributed by atoms with Crippen molar-refractivity contribution < 1.29 is 49.8 Å². The SMILES string of the molecule is CCC(C)(F)F.COc1cc2c(cc1C(F)(F)F)N(c1ccc(F)cc1)CCN(C)S2.O=C(O)C1CC1(F)F. The van der Waals surface area contributed by atoms with Crippen LogP contribution in [0.25, 0.3) is 0 Å². The Hall–Kier alpha value is -2.74. The second kappa shape index (κ2) is 12.6. The van der Waals surface area contributed by atoms with E-state index < -0.39 is 47.7 Å². The first kappa shape index (κ1) is 32.5. The maximum absolute atomic E-state index is 13.4. The number of carboxylic acids is 1. The zero-order valence-electron chi connectivity index (χ0n) is 21.5. The fourth-order valence-corrected chi connectivity index (χ4v) is 4.10. The van der Waals surface area contributed by atoms with Crippen LogP contribution in [0, 0.1) is 11.7 Å². The van der Waals surface area contributed by atoms with Crippen LogP contribution in [0.2, 0.25) is 0 Å². The maximum Gasteiger partial charge on any atom is 0.420 e. The molecule has 1 aliphatic heterocycles. The molecule has 1 fully saturated rings. The molecule has 1 heterocycles. The number of ether oxygens (including phenoxy) is 1. The van der Waals surface area contributed by atoms with E-state index in [1.165, 1.54) is 44.2 Å². The standard InChI is InChI=1S/C17H16F4N2OS.C4H4F2O2.C4H8F2/c1-22-7-8-23(12-5-3-11(18)4-6-12)14-9-13(17(19,20)21)15(24-2)10-16(14)25-22;5-4(6)1-2(4)3(7)8;1-3-4(2,5)6/h3-6,9-10H,7-8H2,1-2H3;2H,1H2,(H,7,8);3H2,1-2H3. The molecule has 0 aromatic heterocycles. The summed E-state index contributed by atoms with van der Waals surface area (Å²) in [6.07, 6.45) is -5.08. The maximum atomic E-state index is 13.4. The third kappa shape index (κ3) is 9.45. The van der Waals surface area contributed by atoms with Gasteiger partial charge in [0.25, 0.3) is 5.92 Å². The molecule has 14 heteroatoms. The van der Waals surface area contributed by atoms with Crippen LogP contribution in [0.15, 0.2) is 41.3 Å². The van der Waals surface area contributed by atoms with E-state index in [-0.39, 0.29) is 12.2 Å². The summed E-state index contributed by atoms with van der Waals surface area (Å²) >= 11 is 1.35. The summed E-state index contributed by atoms with van der Waals surface area (Å²) in [6.45, 7) is 3.47. The Balaban J connectivity index is 0.000000312. The molecule has 4 rings (SSSR count). The summed E-state index contributed by atoms with van der Waals surface area (Å²) in [7, 11) is 3.09. The number of halogens is 8. The highest BCUT2D eigenvalue weighted by molar-refractivity contribution is 7.97. The predicted molar refractivity (Wildman–Crippen MR) is 131 cm³/mol. The molecule has 1 aliphatic carbocycles. The van der Waals surface area contributed by atoms with E-state index in [0.29, 0.717) is 29.4 Å². The van der Waals surface area contributed by atoms with Crippen molar-refractivity contribution in [3.63, 3.8) is 0 Å². The number of anilines is 2. The van der Waals surface area contributed by atoms with Crippen molar-refractivity contribution in [3.05, 3.63) is 47.8 Å². The van der Waals surface area contributed by atoms with E-state index in [4.69, 9.17) is 9.84 Å². The van der Waals surface area contributed by atoms with Gasteiger partial charge in [-0.05, 0) is 62.3 Å². The molecule has 1 saturated carbocycles. The molecule has 0 spiro atoms. The molecule has 1 N–H and O–H groups in total. The molecule has 0 saturated heterocycles. The molecule has 2 aliphatic rings. The fraction of sp³-hybridized carbons (Fsp3) is 0.480. The Morgan fingerprint density at radius 2 is 1.67 bits per heavy atom. The lowest BCUT2D eigenvalue weighted by Crippen LogP contribution is -2.24. The zero-order valence-corrected chi connectivity index (χ0v) is 22.3. The van der Waals surface area contributed by atoms with E-state index in [1.54, 1.807) is 17.0 Å². The van der Waals surface area contributed by atoms with Gasteiger partial charge in [0, 0.05) is 31.6 Å². The largest absolute Gasteiger partial charge is 0.496 e. The molecule has 2 aromatic rings. The Labute approximate surface area is 224 Å². The average Bonchev–Trinajstić information content (AvgIpc) is 3.52. The van der Waals surface area contributed by atoms with Crippen LogP contribution < -0.4 is 9.64 Å². The fourth-order valence-electron chi connectivity index (χ4n) is 3.17. The minimum atomic E-state index is -4.53. The summed E-state index contributed by atoms with van der Waals surface area (Å²) in [5, 5.41) is 7.91. The number of carboxylic acid groups (broad SMARTS) is 1. The van der Waals surface area contributed by atoms with Crippen LogP contribution in [0.3, 0.4) is 0 Å². The van der Waals surface area contributed by atoms with Gasteiger partial charge in [-0.1, -0.05) is 6.92 Å². The molecule has 39 heavy (non-hydrogen) atoms. The van der Waals surface area contributed by atoms with Gasteiger partial charge >= 0.3 is 12.1 Å². The van der Waals surface area contributed by atoms with Gasteiger partial charge in [-0.3, -0.25) is 4.79 Å². The summed E-state index contributed by atoms with van der Waals surface area (Å²) in [5.74, 6) is -8.77. The number of hydrogen-bond donors (Lipinski definition) is 1. The lowest BCUT2D eigenvalue weighted by atomic mass is 10.1. The Bertz CT molecular complexity index is 1120. The lowest BCUT2D eigenvalue weighted by Gasteiger charge is -2.26.